The molecule has 2 rings (SSSR count). The van der Waals surface area contributed by atoms with E-state index in [1.54, 1.807) is 24.3 Å². The second-order valence-electron chi connectivity index (χ2n) is 6.70. The lowest BCUT2D eigenvalue weighted by Gasteiger charge is -2.15. The third-order valence-electron chi connectivity index (χ3n) is 4.29. The summed E-state index contributed by atoms with van der Waals surface area (Å²) < 4.78 is 5.59. The zero-order valence-corrected chi connectivity index (χ0v) is 16.8. The number of carbonyl (C=O) groups excluding carboxylic acids is 1. The molecule has 0 aliphatic carbocycles. The van der Waals surface area contributed by atoms with Gasteiger partial charge in [0.2, 0.25) is 5.91 Å². The van der Waals surface area contributed by atoms with Crippen LogP contribution in [0.4, 0.5) is 0 Å². The van der Waals surface area contributed by atoms with Crippen molar-refractivity contribution < 1.29 is 9.53 Å². The van der Waals surface area contributed by atoms with Crippen LogP contribution in [-0.4, -0.2) is 12.5 Å². The van der Waals surface area contributed by atoms with Gasteiger partial charge in [-0.05, 0) is 47.2 Å². The van der Waals surface area contributed by atoms with E-state index < -0.39 is 6.04 Å². The van der Waals surface area contributed by atoms with E-state index in [0.29, 0.717) is 17.0 Å². The second kappa shape index (κ2) is 10.4. The number of hydrogen-bond donors (Lipinski definition) is 1. The lowest BCUT2D eigenvalue weighted by atomic mass is 9.97. The lowest BCUT2D eigenvalue weighted by molar-refractivity contribution is -0.121. The molecule has 0 heterocycles. The molecule has 4 nitrogen and oxygen atoms in total. The highest BCUT2D eigenvalue weighted by atomic mass is 35.5. The van der Waals surface area contributed by atoms with E-state index in [4.69, 9.17) is 22.8 Å². The van der Waals surface area contributed by atoms with Gasteiger partial charge in [0.25, 0.3) is 0 Å². The monoisotopic (exact) mass is 394 g/mol. The molecule has 2 aromatic carbocycles. The number of rotatable bonds is 8. The minimum atomic E-state index is -0.699. The van der Waals surface area contributed by atoms with Gasteiger partial charge in [-0.3, -0.25) is 4.79 Å². The molecule has 0 aliphatic rings. The van der Waals surface area contributed by atoms with Crippen LogP contribution in [0.2, 0.25) is 5.02 Å². The molecule has 1 amide bonds. The Labute approximate surface area is 171 Å². The van der Waals surface area contributed by atoms with E-state index in [2.05, 4.69) is 31.2 Å². The van der Waals surface area contributed by atoms with Crippen molar-refractivity contribution in [2.75, 3.05) is 6.61 Å². The van der Waals surface area contributed by atoms with E-state index in [0.717, 1.165) is 16.9 Å². The van der Waals surface area contributed by atoms with Gasteiger partial charge < -0.3 is 10.1 Å². The van der Waals surface area contributed by atoms with Crippen molar-refractivity contribution in [1.82, 2.24) is 5.32 Å². The fraction of sp³-hybridized carbons (Fsp3) is 0.304. The molecule has 144 valence electrons. The summed E-state index contributed by atoms with van der Waals surface area (Å²) in [6.45, 7) is 4.39. The molecule has 2 aromatic rings. The maximum atomic E-state index is 12.3. The van der Waals surface area contributed by atoms with Crippen LogP contribution >= 0.6 is 11.6 Å². The van der Waals surface area contributed by atoms with Gasteiger partial charge in [-0.15, -0.1) is 6.42 Å². The van der Waals surface area contributed by atoms with Crippen LogP contribution in [0, 0.1) is 23.7 Å². The van der Waals surface area contributed by atoms with Crippen LogP contribution in [0.5, 0.6) is 5.75 Å². The number of benzene rings is 2. The van der Waals surface area contributed by atoms with Gasteiger partial charge >= 0.3 is 0 Å². The summed E-state index contributed by atoms with van der Waals surface area (Å²) in [6, 6.07) is 14.2. The Bertz CT molecular complexity index is 892. The quantitative estimate of drug-likeness (QED) is 0.655. The minimum absolute atomic E-state index is 0.180. The molecule has 1 unspecified atom stereocenters. The summed E-state index contributed by atoms with van der Waals surface area (Å²) in [5.41, 5.74) is 2.80. The number of nitrogens with zero attached hydrogens (tertiary/aromatic N) is 1. The van der Waals surface area contributed by atoms with Crippen molar-refractivity contribution >= 4 is 17.5 Å². The molecule has 0 saturated carbocycles. The van der Waals surface area contributed by atoms with Crippen LogP contribution in [0.15, 0.2) is 42.5 Å². The number of nitrogens with one attached hydrogen (secondary N) is 1. The van der Waals surface area contributed by atoms with Gasteiger partial charge in [0, 0.05) is 11.4 Å². The molecular formula is C23H23ClN2O2. The maximum absolute atomic E-state index is 12.3. The molecule has 5 heteroatoms. The van der Waals surface area contributed by atoms with Gasteiger partial charge in [0.1, 0.15) is 18.4 Å². The van der Waals surface area contributed by atoms with Crippen molar-refractivity contribution in [3.05, 3.63) is 64.2 Å². The predicted octanol–water partition coefficient (Wildman–Crippen LogP) is 4.79. The van der Waals surface area contributed by atoms with Crippen LogP contribution < -0.4 is 10.1 Å². The number of halogens is 1. The van der Waals surface area contributed by atoms with Crippen molar-refractivity contribution in [1.29, 1.82) is 5.26 Å². The number of hydrogen-bond acceptors (Lipinski definition) is 3. The van der Waals surface area contributed by atoms with Crippen LogP contribution in [-0.2, 0) is 11.2 Å². The minimum Gasteiger partial charge on any atom is -0.481 e. The van der Waals surface area contributed by atoms with Crippen molar-refractivity contribution in [3.8, 4) is 24.2 Å². The maximum Gasteiger partial charge on any atom is 0.221 e. The van der Waals surface area contributed by atoms with E-state index in [-0.39, 0.29) is 24.9 Å². The lowest BCUT2D eigenvalue weighted by Crippen LogP contribution is -2.27. The highest BCUT2D eigenvalue weighted by molar-refractivity contribution is 6.30. The molecule has 0 aromatic heterocycles. The number of ether oxygens (including phenoxy) is 1. The fourth-order valence-electron chi connectivity index (χ4n) is 2.79. The predicted molar refractivity (Wildman–Crippen MR) is 111 cm³/mol. The molecule has 0 radical (unpaired) electrons. The summed E-state index contributed by atoms with van der Waals surface area (Å²) in [7, 11) is 0. The first kappa shape index (κ1) is 21.4. The Morgan fingerprint density at radius 2 is 1.96 bits per heavy atom. The van der Waals surface area contributed by atoms with Gasteiger partial charge in [0.05, 0.1) is 6.07 Å². The van der Waals surface area contributed by atoms with Crippen molar-refractivity contribution in [2.45, 2.75) is 38.6 Å². The first-order valence-electron chi connectivity index (χ1n) is 9.08. The van der Waals surface area contributed by atoms with Crippen molar-refractivity contribution in [3.63, 3.8) is 0 Å². The fourth-order valence-corrected chi connectivity index (χ4v) is 2.92. The third-order valence-corrected chi connectivity index (χ3v) is 4.54. The highest BCUT2D eigenvalue weighted by Gasteiger charge is 2.15. The average molecular weight is 395 g/mol. The zero-order chi connectivity index (χ0) is 20.5. The topological polar surface area (TPSA) is 62.1 Å². The summed E-state index contributed by atoms with van der Waals surface area (Å²) in [5.74, 6) is 3.33. The molecule has 1 N–H and O–H groups in total. The number of aryl methyl sites for hydroxylation is 1. The standard InChI is InChI=1S/C23H23ClN2O2/c1-4-13-28-22-11-5-17(14-20(22)16(2)3)6-12-23(27)26-21(15-25)18-7-9-19(24)10-8-18/h1,5,7-11,14,16,21H,6,12-13H2,2-3H3,(H,26,27). The molecule has 0 bridgehead atoms. The van der Waals surface area contributed by atoms with Crippen LogP contribution in [0.1, 0.15) is 48.9 Å². The molecule has 0 aliphatic heterocycles. The Balaban J connectivity index is 2.00. The van der Waals surface area contributed by atoms with E-state index in [9.17, 15) is 10.1 Å². The first-order chi connectivity index (χ1) is 13.4. The average Bonchev–Trinajstić information content (AvgIpc) is 2.69. The summed E-state index contributed by atoms with van der Waals surface area (Å²) >= 11 is 5.87. The summed E-state index contributed by atoms with van der Waals surface area (Å²) in [6.07, 6.45) is 6.12. The number of terminal acetylenes is 1. The number of carbonyl (C=O) groups is 1. The molecule has 0 saturated heterocycles. The largest absolute Gasteiger partial charge is 0.481 e. The van der Waals surface area contributed by atoms with Crippen LogP contribution in [0.3, 0.4) is 0 Å². The molecular weight excluding hydrogens is 372 g/mol. The van der Waals surface area contributed by atoms with E-state index in [1.807, 2.05) is 18.2 Å². The van der Waals surface area contributed by atoms with Gasteiger partial charge in [0.15, 0.2) is 0 Å². The third kappa shape index (κ3) is 6.05. The highest BCUT2D eigenvalue weighted by Crippen LogP contribution is 2.28. The Hall–Kier alpha value is -2.95. The number of nitriles is 1. The van der Waals surface area contributed by atoms with Gasteiger partial charge in [-0.1, -0.05) is 55.6 Å². The zero-order valence-electron chi connectivity index (χ0n) is 16.0. The Kier molecular flexibility index (Phi) is 7.93. The normalized spacial score (nSPS) is 11.4. The SMILES string of the molecule is C#CCOc1ccc(CCC(=O)NC(C#N)c2ccc(Cl)cc2)cc1C(C)C. The number of amides is 1. The molecule has 0 spiro atoms. The molecule has 0 fully saturated rings. The van der Waals surface area contributed by atoms with Crippen molar-refractivity contribution in [2.24, 2.45) is 0 Å². The molecule has 28 heavy (non-hydrogen) atoms. The van der Waals surface area contributed by atoms with E-state index >= 15 is 0 Å². The Morgan fingerprint density at radius 3 is 2.57 bits per heavy atom. The van der Waals surface area contributed by atoms with Gasteiger partial charge in [-0.2, -0.15) is 5.26 Å². The van der Waals surface area contributed by atoms with Gasteiger partial charge in [-0.25, -0.2) is 0 Å². The Morgan fingerprint density at radius 1 is 1.25 bits per heavy atom. The smallest absolute Gasteiger partial charge is 0.221 e. The summed E-state index contributed by atoms with van der Waals surface area (Å²) in [5, 5.41) is 12.7. The summed E-state index contributed by atoms with van der Waals surface area (Å²) in [4.78, 5) is 12.3. The van der Waals surface area contributed by atoms with E-state index in [1.165, 1.54) is 0 Å². The first-order valence-corrected chi connectivity index (χ1v) is 9.46. The molecule has 1 atom stereocenters. The van der Waals surface area contributed by atoms with Crippen LogP contribution in [0.25, 0.3) is 0 Å². The second-order valence-corrected chi connectivity index (χ2v) is 7.14.